The molecule has 0 aliphatic carbocycles. The second kappa shape index (κ2) is 7.91. The van der Waals surface area contributed by atoms with E-state index in [9.17, 15) is 4.79 Å². The van der Waals surface area contributed by atoms with Gasteiger partial charge in [-0.1, -0.05) is 22.0 Å². The fraction of sp³-hybridized carbons (Fsp3) is 0.250. The van der Waals surface area contributed by atoms with Crippen LogP contribution in [0.4, 0.5) is 0 Å². The number of pyridine rings is 1. The molecule has 116 valence electrons. The summed E-state index contributed by atoms with van der Waals surface area (Å²) < 4.78 is 6.66. The van der Waals surface area contributed by atoms with Gasteiger partial charge >= 0.3 is 0 Å². The average molecular weight is 364 g/mol. The van der Waals surface area contributed by atoms with Crippen molar-refractivity contribution < 1.29 is 9.53 Å². The molecule has 6 heteroatoms. The molecule has 1 amide bonds. The number of hydrogen-bond acceptors (Lipinski definition) is 4. The Hall–Kier alpha value is -1.92. The normalized spacial score (nSPS) is 10.3. The van der Waals surface area contributed by atoms with Gasteiger partial charge in [0, 0.05) is 30.8 Å². The first-order valence-electron chi connectivity index (χ1n) is 6.90. The van der Waals surface area contributed by atoms with Crippen molar-refractivity contribution in [2.45, 2.75) is 0 Å². The fourth-order valence-electron chi connectivity index (χ4n) is 1.86. The molecule has 0 fully saturated rings. The number of benzene rings is 1. The molecule has 1 N–H and O–H groups in total. The molecule has 0 unspecified atom stereocenters. The van der Waals surface area contributed by atoms with E-state index in [0.29, 0.717) is 23.7 Å². The second-order valence-corrected chi connectivity index (χ2v) is 5.66. The SMILES string of the molecule is CNCCN(C)C(=O)c1cccnc1Oc1cccc(Br)c1. The van der Waals surface area contributed by atoms with Crippen LogP contribution in [0.5, 0.6) is 11.6 Å². The largest absolute Gasteiger partial charge is 0.438 e. The summed E-state index contributed by atoms with van der Waals surface area (Å²) in [6.45, 7) is 1.34. The Morgan fingerprint density at radius 3 is 2.91 bits per heavy atom. The van der Waals surface area contributed by atoms with Crippen LogP contribution >= 0.6 is 15.9 Å². The van der Waals surface area contributed by atoms with E-state index in [-0.39, 0.29) is 5.91 Å². The zero-order valence-electron chi connectivity index (χ0n) is 12.5. The van der Waals surface area contributed by atoms with Gasteiger partial charge in [-0.2, -0.15) is 0 Å². The van der Waals surface area contributed by atoms with Crippen LogP contribution in [0.3, 0.4) is 0 Å². The van der Waals surface area contributed by atoms with Crippen LogP contribution in [0.2, 0.25) is 0 Å². The highest BCUT2D eigenvalue weighted by Crippen LogP contribution is 2.26. The number of nitrogens with one attached hydrogen (secondary N) is 1. The van der Waals surface area contributed by atoms with Crippen molar-refractivity contribution in [3.05, 3.63) is 52.6 Å². The number of nitrogens with zero attached hydrogens (tertiary/aromatic N) is 2. The maximum absolute atomic E-state index is 12.5. The van der Waals surface area contributed by atoms with Crippen LogP contribution in [0.25, 0.3) is 0 Å². The summed E-state index contributed by atoms with van der Waals surface area (Å²) >= 11 is 3.39. The number of carbonyl (C=O) groups is 1. The Morgan fingerprint density at radius 1 is 1.36 bits per heavy atom. The summed E-state index contributed by atoms with van der Waals surface area (Å²) in [4.78, 5) is 18.3. The maximum atomic E-state index is 12.5. The minimum atomic E-state index is -0.117. The van der Waals surface area contributed by atoms with Crippen molar-refractivity contribution in [1.29, 1.82) is 0 Å². The molecule has 22 heavy (non-hydrogen) atoms. The third kappa shape index (κ3) is 4.29. The number of halogens is 1. The van der Waals surface area contributed by atoms with Crippen molar-refractivity contribution in [3.63, 3.8) is 0 Å². The van der Waals surface area contributed by atoms with Gasteiger partial charge in [-0.15, -0.1) is 0 Å². The van der Waals surface area contributed by atoms with E-state index >= 15 is 0 Å². The number of carbonyl (C=O) groups excluding carboxylic acids is 1. The molecule has 1 aromatic heterocycles. The van der Waals surface area contributed by atoms with Crippen molar-refractivity contribution in [3.8, 4) is 11.6 Å². The summed E-state index contributed by atoms with van der Waals surface area (Å²) in [5.74, 6) is 0.815. The van der Waals surface area contributed by atoms with Crippen LogP contribution in [0, 0.1) is 0 Å². The molecule has 1 heterocycles. The predicted octanol–water partition coefficient (Wildman–Crippen LogP) is 2.93. The van der Waals surface area contributed by atoms with Crippen LogP contribution < -0.4 is 10.1 Å². The Morgan fingerprint density at radius 2 is 2.18 bits per heavy atom. The van der Waals surface area contributed by atoms with Gasteiger partial charge in [-0.3, -0.25) is 4.79 Å². The predicted molar refractivity (Wildman–Crippen MR) is 89.3 cm³/mol. The number of aromatic nitrogens is 1. The Bertz CT molecular complexity index is 649. The minimum Gasteiger partial charge on any atom is -0.438 e. The molecule has 0 spiro atoms. The molecule has 5 nitrogen and oxygen atoms in total. The summed E-state index contributed by atoms with van der Waals surface area (Å²) in [5, 5.41) is 3.02. The molecular weight excluding hydrogens is 346 g/mol. The second-order valence-electron chi connectivity index (χ2n) is 4.75. The van der Waals surface area contributed by atoms with Crippen molar-refractivity contribution in [2.75, 3.05) is 27.2 Å². The van der Waals surface area contributed by atoms with Crippen LogP contribution in [-0.2, 0) is 0 Å². The summed E-state index contributed by atoms with van der Waals surface area (Å²) in [5.41, 5.74) is 0.445. The van der Waals surface area contributed by atoms with E-state index in [1.807, 2.05) is 31.3 Å². The van der Waals surface area contributed by atoms with Gasteiger partial charge in [-0.05, 0) is 37.4 Å². The topological polar surface area (TPSA) is 54.5 Å². The van der Waals surface area contributed by atoms with Gasteiger partial charge in [0.1, 0.15) is 11.3 Å². The van der Waals surface area contributed by atoms with Crippen LogP contribution in [0.1, 0.15) is 10.4 Å². The molecule has 0 aliphatic heterocycles. The third-order valence-corrected chi connectivity index (χ3v) is 3.55. The van der Waals surface area contributed by atoms with Crippen LogP contribution in [-0.4, -0.2) is 43.0 Å². The smallest absolute Gasteiger partial charge is 0.259 e. The molecule has 0 bridgehead atoms. The summed E-state index contributed by atoms with van der Waals surface area (Å²) in [7, 11) is 3.61. The monoisotopic (exact) mass is 363 g/mol. The molecular formula is C16H18BrN3O2. The Labute approximate surface area is 138 Å². The maximum Gasteiger partial charge on any atom is 0.259 e. The highest BCUT2D eigenvalue weighted by atomic mass is 79.9. The first kappa shape index (κ1) is 16.5. The van der Waals surface area contributed by atoms with E-state index < -0.39 is 0 Å². The lowest BCUT2D eigenvalue weighted by atomic mass is 10.2. The molecule has 2 aromatic rings. The first-order valence-corrected chi connectivity index (χ1v) is 7.69. The Kier molecular flexibility index (Phi) is 5.91. The number of hydrogen-bond donors (Lipinski definition) is 1. The zero-order valence-corrected chi connectivity index (χ0v) is 14.1. The van der Waals surface area contributed by atoms with Crippen LogP contribution in [0.15, 0.2) is 47.1 Å². The molecule has 0 saturated carbocycles. The zero-order chi connectivity index (χ0) is 15.9. The molecule has 0 atom stereocenters. The quantitative estimate of drug-likeness (QED) is 0.857. The molecule has 0 saturated heterocycles. The van der Waals surface area contributed by atoms with Crippen molar-refractivity contribution in [2.24, 2.45) is 0 Å². The van der Waals surface area contributed by atoms with E-state index in [0.717, 1.165) is 11.0 Å². The van der Waals surface area contributed by atoms with E-state index in [1.165, 1.54) is 0 Å². The Balaban J connectivity index is 2.21. The third-order valence-electron chi connectivity index (χ3n) is 3.06. The summed E-state index contributed by atoms with van der Waals surface area (Å²) in [6.07, 6.45) is 1.61. The number of rotatable bonds is 6. The molecule has 0 radical (unpaired) electrons. The fourth-order valence-corrected chi connectivity index (χ4v) is 2.24. The number of ether oxygens (including phenoxy) is 1. The molecule has 2 rings (SSSR count). The van der Waals surface area contributed by atoms with Gasteiger partial charge in [-0.25, -0.2) is 4.98 Å². The van der Waals surface area contributed by atoms with E-state index in [2.05, 4.69) is 26.2 Å². The molecule has 0 aliphatic rings. The van der Waals surface area contributed by atoms with E-state index in [4.69, 9.17) is 4.74 Å². The van der Waals surface area contributed by atoms with E-state index in [1.54, 1.807) is 30.3 Å². The first-order chi connectivity index (χ1) is 10.6. The number of likely N-dealkylation sites (N-methyl/N-ethyl adjacent to an activating group) is 2. The van der Waals surface area contributed by atoms with Gasteiger partial charge in [0.05, 0.1) is 0 Å². The minimum absolute atomic E-state index is 0.117. The van der Waals surface area contributed by atoms with Gasteiger partial charge in [0.15, 0.2) is 0 Å². The average Bonchev–Trinajstić information content (AvgIpc) is 2.52. The standard InChI is InChI=1S/C16H18BrN3O2/c1-18-9-10-20(2)16(21)14-7-4-8-19-15(14)22-13-6-3-5-12(17)11-13/h3-8,11,18H,9-10H2,1-2H3. The highest BCUT2D eigenvalue weighted by molar-refractivity contribution is 9.10. The van der Waals surface area contributed by atoms with Gasteiger partial charge in [0.2, 0.25) is 5.88 Å². The molecule has 1 aromatic carbocycles. The van der Waals surface area contributed by atoms with Crippen molar-refractivity contribution in [1.82, 2.24) is 15.2 Å². The highest BCUT2D eigenvalue weighted by Gasteiger charge is 2.17. The van der Waals surface area contributed by atoms with Gasteiger partial charge in [0.25, 0.3) is 5.91 Å². The lowest BCUT2D eigenvalue weighted by molar-refractivity contribution is 0.0793. The van der Waals surface area contributed by atoms with Gasteiger partial charge < -0.3 is 15.0 Å². The lowest BCUT2D eigenvalue weighted by Crippen LogP contribution is -2.33. The number of amides is 1. The lowest BCUT2D eigenvalue weighted by Gasteiger charge is -2.18. The summed E-state index contributed by atoms with van der Waals surface area (Å²) in [6, 6.07) is 10.9. The van der Waals surface area contributed by atoms with Crippen molar-refractivity contribution >= 4 is 21.8 Å².